The highest BCUT2D eigenvalue weighted by atomic mass is 16.2. The highest BCUT2D eigenvalue weighted by Crippen LogP contribution is 2.52. The van der Waals surface area contributed by atoms with Gasteiger partial charge in [-0.05, 0) is 30.1 Å². The third-order valence-corrected chi connectivity index (χ3v) is 3.84. The Morgan fingerprint density at radius 1 is 1.43 bits per heavy atom. The molecule has 1 atom stereocenters. The molecule has 0 bridgehead atoms. The summed E-state index contributed by atoms with van der Waals surface area (Å²) in [5, 5.41) is 3.05. The Bertz CT molecular complexity index is 248. The van der Waals surface area contributed by atoms with E-state index in [1.54, 1.807) is 0 Å². The Morgan fingerprint density at radius 2 is 2.07 bits per heavy atom. The molecule has 0 aromatic rings. The minimum atomic E-state index is 0.273. The monoisotopic (exact) mass is 195 g/mol. The van der Waals surface area contributed by atoms with Gasteiger partial charge in [-0.1, -0.05) is 27.2 Å². The summed E-state index contributed by atoms with van der Waals surface area (Å²) >= 11 is 0. The van der Waals surface area contributed by atoms with E-state index in [1.807, 2.05) is 0 Å². The smallest absolute Gasteiger partial charge is 0.223 e. The van der Waals surface area contributed by atoms with Gasteiger partial charge in [0.25, 0.3) is 0 Å². The fourth-order valence-corrected chi connectivity index (χ4v) is 2.87. The summed E-state index contributed by atoms with van der Waals surface area (Å²) in [6.07, 6.45) is 4.87. The molecule has 0 radical (unpaired) electrons. The van der Waals surface area contributed by atoms with Crippen molar-refractivity contribution in [2.75, 3.05) is 6.54 Å². The van der Waals surface area contributed by atoms with E-state index in [-0.39, 0.29) is 11.3 Å². The van der Waals surface area contributed by atoms with Crippen LogP contribution in [0.4, 0.5) is 0 Å². The summed E-state index contributed by atoms with van der Waals surface area (Å²) in [5.74, 6) is 0.593. The first-order valence-corrected chi connectivity index (χ1v) is 5.71. The molecule has 2 aliphatic rings. The highest BCUT2D eigenvalue weighted by molar-refractivity contribution is 5.82. The number of carbonyl (C=O) groups is 1. The summed E-state index contributed by atoms with van der Waals surface area (Å²) in [6.45, 7) is 7.62. The van der Waals surface area contributed by atoms with Crippen LogP contribution in [0.1, 0.15) is 46.5 Å². The quantitative estimate of drug-likeness (QED) is 0.683. The van der Waals surface area contributed by atoms with Crippen molar-refractivity contribution >= 4 is 5.91 Å². The average molecular weight is 195 g/mol. The second kappa shape index (κ2) is 2.98. The number of amides is 1. The standard InChI is InChI=1S/C12H21NO/c1-11(2,3)7-9-10(14)13-8-12(9)5-4-6-12/h9H,4-8H2,1-3H3,(H,13,14). The predicted octanol–water partition coefficient (Wildman–Crippen LogP) is 2.34. The number of hydrogen-bond acceptors (Lipinski definition) is 1. The summed E-state index contributed by atoms with van der Waals surface area (Å²) < 4.78 is 0. The number of hydrogen-bond donors (Lipinski definition) is 1. The molecule has 2 heteroatoms. The van der Waals surface area contributed by atoms with Gasteiger partial charge in [0.1, 0.15) is 0 Å². The van der Waals surface area contributed by atoms with Crippen LogP contribution in [0.25, 0.3) is 0 Å². The van der Waals surface area contributed by atoms with E-state index in [0.29, 0.717) is 11.3 Å². The third-order valence-electron chi connectivity index (χ3n) is 3.84. The first-order valence-electron chi connectivity index (χ1n) is 5.71. The van der Waals surface area contributed by atoms with Crippen molar-refractivity contribution in [3.05, 3.63) is 0 Å². The van der Waals surface area contributed by atoms with E-state index in [4.69, 9.17) is 0 Å². The molecule has 14 heavy (non-hydrogen) atoms. The maximum absolute atomic E-state index is 11.7. The average Bonchev–Trinajstić information content (AvgIpc) is 2.25. The van der Waals surface area contributed by atoms with Gasteiger partial charge in [0.2, 0.25) is 5.91 Å². The number of carbonyl (C=O) groups excluding carboxylic acids is 1. The third kappa shape index (κ3) is 1.55. The van der Waals surface area contributed by atoms with Gasteiger partial charge in [-0.15, -0.1) is 0 Å². The lowest BCUT2D eigenvalue weighted by atomic mass is 9.60. The Hall–Kier alpha value is -0.530. The molecule has 2 nitrogen and oxygen atoms in total. The van der Waals surface area contributed by atoms with E-state index >= 15 is 0 Å². The van der Waals surface area contributed by atoms with Crippen molar-refractivity contribution in [1.29, 1.82) is 0 Å². The molecule has 1 heterocycles. The van der Waals surface area contributed by atoms with Gasteiger partial charge >= 0.3 is 0 Å². The molecule has 1 unspecified atom stereocenters. The van der Waals surface area contributed by atoms with Gasteiger partial charge in [-0.3, -0.25) is 4.79 Å². The molecule has 80 valence electrons. The van der Waals surface area contributed by atoms with Crippen LogP contribution in [0.5, 0.6) is 0 Å². The van der Waals surface area contributed by atoms with Crippen LogP contribution in [0.2, 0.25) is 0 Å². The van der Waals surface area contributed by atoms with Crippen molar-refractivity contribution in [2.24, 2.45) is 16.7 Å². The van der Waals surface area contributed by atoms with E-state index in [0.717, 1.165) is 13.0 Å². The van der Waals surface area contributed by atoms with Crippen molar-refractivity contribution in [3.8, 4) is 0 Å². The molecule has 1 saturated carbocycles. The maximum atomic E-state index is 11.7. The molecule has 1 spiro atoms. The second-order valence-corrected chi connectivity index (χ2v) is 6.25. The Morgan fingerprint density at radius 3 is 2.50 bits per heavy atom. The van der Waals surface area contributed by atoms with E-state index in [1.165, 1.54) is 19.3 Å². The fraction of sp³-hybridized carbons (Fsp3) is 0.917. The van der Waals surface area contributed by atoms with E-state index in [9.17, 15) is 4.79 Å². The van der Waals surface area contributed by atoms with Crippen molar-refractivity contribution in [3.63, 3.8) is 0 Å². The Labute approximate surface area is 86.5 Å². The van der Waals surface area contributed by atoms with E-state index < -0.39 is 0 Å². The lowest BCUT2D eigenvalue weighted by molar-refractivity contribution is -0.126. The molecule has 2 fully saturated rings. The Balaban J connectivity index is 2.10. The molecule has 1 saturated heterocycles. The molecule has 1 N–H and O–H groups in total. The number of rotatable bonds is 1. The van der Waals surface area contributed by atoms with Crippen LogP contribution in [0, 0.1) is 16.7 Å². The molecule has 1 aliphatic carbocycles. The summed E-state index contributed by atoms with van der Waals surface area (Å²) in [4.78, 5) is 11.7. The molecule has 0 aromatic carbocycles. The first kappa shape index (κ1) is 10.0. The van der Waals surface area contributed by atoms with Gasteiger partial charge in [-0.25, -0.2) is 0 Å². The SMILES string of the molecule is CC(C)(C)CC1C(=O)NCC12CCC2. The molecule has 2 rings (SSSR count). The van der Waals surface area contributed by atoms with Crippen LogP contribution >= 0.6 is 0 Å². The fourth-order valence-electron chi connectivity index (χ4n) is 2.87. The lowest BCUT2D eigenvalue weighted by Crippen LogP contribution is -2.39. The lowest BCUT2D eigenvalue weighted by Gasteiger charge is -2.43. The zero-order chi connectivity index (χ0) is 10.4. The van der Waals surface area contributed by atoms with Crippen LogP contribution in [0.15, 0.2) is 0 Å². The summed E-state index contributed by atoms with van der Waals surface area (Å²) in [6, 6.07) is 0. The first-order chi connectivity index (χ1) is 6.43. The highest BCUT2D eigenvalue weighted by Gasteiger charge is 2.52. The van der Waals surface area contributed by atoms with Gasteiger partial charge in [0.05, 0.1) is 0 Å². The molecule has 0 aromatic heterocycles. The van der Waals surface area contributed by atoms with E-state index in [2.05, 4.69) is 26.1 Å². The maximum Gasteiger partial charge on any atom is 0.223 e. The van der Waals surface area contributed by atoms with Gasteiger partial charge < -0.3 is 5.32 Å². The molecular formula is C12H21NO. The minimum absolute atomic E-state index is 0.273. The van der Waals surface area contributed by atoms with Gasteiger partial charge in [0, 0.05) is 12.5 Å². The van der Waals surface area contributed by atoms with Gasteiger partial charge in [-0.2, -0.15) is 0 Å². The summed E-state index contributed by atoms with van der Waals surface area (Å²) in [5.41, 5.74) is 0.624. The largest absolute Gasteiger partial charge is 0.355 e. The van der Waals surface area contributed by atoms with Crippen LogP contribution in [-0.2, 0) is 4.79 Å². The molecular weight excluding hydrogens is 174 g/mol. The van der Waals surface area contributed by atoms with Crippen molar-refractivity contribution in [1.82, 2.24) is 5.32 Å². The van der Waals surface area contributed by atoms with Crippen molar-refractivity contribution in [2.45, 2.75) is 46.5 Å². The number of nitrogens with one attached hydrogen (secondary N) is 1. The Kier molecular flexibility index (Phi) is 2.13. The van der Waals surface area contributed by atoms with Crippen molar-refractivity contribution < 1.29 is 4.79 Å². The second-order valence-electron chi connectivity index (χ2n) is 6.25. The predicted molar refractivity (Wildman–Crippen MR) is 56.9 cm³/mol. The zero-order valence-corrected chi connectivity index (χ0v) is 9.52. The molecule has 1 aliphatic heterocycles. The molecule has 1 amide bonds. The zero-order valence-electron chi connectivity index (χ0n) is 9.52. The summed E-state index contributed by atoms with van der Waals surface area (Å²) in [7, 11) is 0. The topological polar surface area (TPSA) is 29.1 Å². The van der Waals surface area contributed by atoms with Gasteiger partial charge in [0.15, 0.2) is 0 Å². The van der Waals surface area contributed by atoms with Crippen LogP contribution in [-0.4, -0.2) is 12.5 Å². The normalized spacial score (nSPS) is 30.2. The van der Waals surface area contributed by atoms with Crippen LogP contribution < -0.4 is 5.32 Å². The van der Waals surface area contributed by atoms with Crippen LogP contribution in [0.3, 0.4) is 0 Å². The minimum Gasteiger partial charge on any atom is -0.355 e.